The van der Waals surface area contributed by atoms with Gasteiger partial charge in [0.1, 0.15) is 0 Å². The van der Waals surface area contributed by atoms with Crippen LogP contribution in [0.4, 0.5) is 0 Å². The highest BCUT2D eigenvalue weighted by Crippen LogP contribution is 2.48. The van der Waals surface area contributed by atoms with E-state index in [1.807, 2.05) is 0 Å². The zero-order valence-corrected chi connectivity index (χ0v) is 9.68. The minimum absolute atomic E-state index is 0.260. The number of alkyl halides is 1. The Morgan fingerprint density at radius 3 is 2.85 bits per heavy atom. The van der Waals surface area contributed by atoms with Gasteiger partial charge in [-0.25, -0.2) is 0 Å². The summed E-state index contributed by atoms with van der Waals surface area (Å²) in [5.41, 5.74) is 0.260. The predicted octanol–water partition coefficient (Wildman–Crippen LogP) is 2.21. The van der Waals surface area contributed by atoms with Crippen LogP contribution in [0.2, 0.25) is 0 Å². The van der Waals surface area contributed by atoms with Crippen LogP contribution in [0.3, 0.4) is 0 Å². The zero-order valence-electron chi connectivity index (χ0n) is 8.09. The van der Waals surface area contributed by atoms with Gasteiger partial charge < -0.3 is 9.47 Å². The van der Waals surface area contributed by atoms with Gasteiger partial charge in [-0.2, -0.15) is 0 Å². The maximum absolute atomic E-state index is 5.83. The molecule has 0 bridgehead atoms. The maximum Gasteiger partial charge on any atom is 0.0690 e. The molecule has 3 heteroatoms. The third-order valence-electron chi connectivity index (χ3n) is 3.25. The third-order valence-corrected chi connectivity index (χ3v) is 4.37. The number of ether oxygens (including phenoxy) is 2. The van der Waals surface area contributed by atoms with E-state index in [4.69, 9.17) is 9.47 Å². The molecule has 1 aliphatic carbocycles. The lowest BCUT2D eigenvalue weighted by Gasteiger charge is -2.31. The van der Waals surface area contributed by atoms with Gasteiger partial charge in [0.2, 0.25) is 0 Å². The van der Waals surface area contributed by atoms with Crippen molar-refractivity contribution in [1.29, 1.82) is 0 Å². The molecule has 1 heterocycles. The molecule has 1 saturated carbocycles. The number of methoxy groups -OCH3 is 1. The summed E-state index contributed by atoms with van der Waals surface area (Å²) in [5.74, 6) is 0.815. The van der Waals surface area contributed by atoms with E-state index in [2.05, 4.69) is 15.9 Å². The summed E-state index contributed by atoms with van der Waals surface area (Å²) in [5, 5.41) is 1.01. The number of rotatable bonds is 4. The van der Waals surface area contributed by atoms with E-state index in [1.165, 1.54) is 12.8 Å². The molecule has 2 atom stereocenters. The molecule has 0 amide bonds. The summed E-state index contributed by atoms with van der Waals surface area (Å²) >= 11 is 3.61. The molecule has 13 heavy (non-hydrogen) atoms. The number of hydrogen-bond acceptors (Lipinski definition) is 2. The van der Waals surface area contributed by atoms with Crippen molar-refractivity contribution in [3.8, 4) is 0 Å². The van der Waals surface area contributed by atoms with Crippen molar-refractivity contribution in [3.63, 3.8) is 0 Å². The first kappa shape index (κ1) is 9.94. The highest BCUT2D eigenvalue weighted by Gasteiger charge is 2.50. The van der Waals surface area contributed by atoms with Crippen molar-refractivity contribution >= 4 is 15.9 Å². The molecule has 0 aromatic rings. The fourth-order valence-corrected chi connectivity index (χ4v) is 3.13. The van der Waals surface area contributed by atoms with Crippen LogP contribution in [-0.2, 0) is 9.47 Å². The summed E-state index contributed by atoms with van der Waals surface area (Å²) < 4.78 is 11.1. The SMILES string of the molecule is COCC1(CBr)CCOC1C1CC1. The van der Waals surface area contributed by atoms with E-state index >= 15 is 0 Å². The summed E-state index contributed by atoms with van der Waals surface area (Å²) in [4.78, 5) is 0. The molecule has 0 radical (unpaired) electrons. The van der Waals surface area contributed by atoms with Crippen LogP contribution in [-0.4, -0.2) is 31.8 Å². The molecule has 0 aromatic heterocycles. The quantitative estimate of drug-likeness (QED) is 0.711. The van der Waals surface area contributed by atoms with Crippen LogP contribution in [0.5, 0.6) is 0 Å². The zero-order chi connectivity index (χ0) is 9.31. The number of hydrogen-bond donors (Lipinski definition) is 0. The van der Waals surface area contributed by atoms with Crippen molar-refractivity contribution in [2.75, 3.05) is 25.7 Å². The molecule has 1 saturated heterocycles. The van der Waals surface area contributed by atoms with Crippen molar-refractivity contribution in [2.24, 2.45) is 11.3 Å². The van der Waals surface area contributed by atoms with Crippen LogP contribution in [0.25, 0.3) is 0 Å². The van der Waals surface area contributed by atoms with Gasteiger partial charge >= 0.3 is 0 Å². The lowest BCUT2D eigenvalue weighted by Crippen LogP contribution is -2.38. The Balaban J connectivity index is 2.06. The topological polar surface area (TPSA) is 18.5 Å². The highest BCUT2D eigenvalue weighted by atomic mass is 79.9. The van der Waals surface area contributed by atoms with Crippen molar-refractivity contribution in [2.45, 2.75) is 25.4 Å². The average Bonchev–Trinajstić information content (AvgIpc) is 2.90. The van der Waals surface area contributed by atoms with E-state index in [0.29, 0.717) is 6.10 Å². The lowest BCUT2D eigenvalue weighted by molar-refractivity contribution is 0.000886. The summed E-state index contributed by atoms with van der Waals surface area (Å²) in [6.45, 7) is 1.75. The maximum atomic E-state index is 5.83. The lowest BCUT2D eigenvalue weighted by atomic mass is 9.82. The normalized spacial score (nSPS) is 39.7. The molecule has 2 nitrogen and oxygen atoms in total. The molecule has 1 aliphatic heterocycles. The van der Waals surface area contributed by atoms with Gasteiger partial charge in [-0.15, -0.1) is 0 Å². The molecule has 2 fully saturated rings. The van der Waals surface area contributed by atoms with Crippen LogP contribution in [0, 0.1) is 11.3 Å². The highest BCUT2D eigenvalue weighted by molar-refractivity contribution is 9.09. The Labute approximate surface area is 88.1 Å². The third kappa shape index (κ3) is 1.79. The fraction of sp³-hybridized carbons (Fsp3) is 1.00. The van der Waals surface area contributed by atoms with Gasteiger partial charge in [-0.3, -0.25) is 0 Å². The molecule has 0 spiro atoms. The first-order chi connectivity index (χ1) is 6.32. The monoisotopic (exact) mass is 248 g/mol. The summed E-state index contributed by atoms with van der Waals surface area (Å²) in [6.07, 6.45) is 4.30. The van der Waals surface area contributed by atoms with Gasteiger partial charge in [-0.1, -0.05) is 15.9 Å². The van der Waals surface area contributed by atoms with E-state index < -0.39 is 0 Å². The second-order valence-corrected chi connectivity index (χ2v) is 4.87. The van der Waals surface area contributed by atoms with Crippen molar-refractivity contribution < 1.29 is 9.47 Å². The first-order valence-corrected chi connectivity index (χ1v) is 6.11. The Morgan fingerprint density at radius 1 is 1.54 bits per heavy atom. The second kappa shape index (κ2) is 3.87. The van der Waals surface area contributed by atoms with E-state index in [9.17, 15) is 0 Å². The molecule has 2 aliphatic rings. The van der Waals surface area contributed by atoms with Crippen LogP contribution >= 0.6 is 15.9 Å². The standard InChI is InChI=1S/C10H17BrO2/c1-12-7-10(6-11)4-5-13-9(10)8-2-3-8/h8-9H,2-7H2,1H3. The molecule has 0 N–H and O–H groups in total. The van der Waals surface area contributed by atoms with Crippen molar-refractivity contribution in [1.82, 2.24) is 0 Å². The Hall–Kier alpha value is 0.400. The predicted molar refractivity (Wildman–Crippen MR) is 55.2 cm³/mol. The van der Waals surface area contributed by atoms with Crippen molar-refractivity contribution in [3.05, 3.63) is 0 Å². The molecule has 0 aromatic carbocycles. The molecule has 76 valence electrons. The van der Waals surface area contributed by atoms with Gasteiger partial charge in [0.05, 0.1) is 12.7 Å². The van der Waals surface area contributed by atoms with Crippen LogP contribution in [0.1, 0.15) is 19.3 Å². The number of halogens is 1. The molecular formula is C10H17BrO2. The molecule has 2 unspecified atom stereocenters. The molecule has 2 rings (SSSR count). The van der Waals surface area contributed by atoms with Crippen LogP contribution in [0.15, 0.2) is 0 Å². The Bertz CT molecular complexity index is 182. The summed E-state index contributed by atoms with van der Waals surface area (Å²) in [7, 11) is 1.78. The average molecular weight is 249 g/mol. The van der Waals surface area contributed by atoms with Gasteiger partial charge in [0.15, 0.2) is 0 Å². The van der Waals surface area contributed by atoms with Crippen LogP contribution < -0.4 is 0 Å². The van der Waals surface area contributed by atoms with E-state index in [0.717, 1.165) is 30.9 Å². The minimum Gasteiger partial charge on any atom is -0.384 e. The second-order valence-electron chi connectivity index (χ2n) is 4.31. The van der Waals surface area contributed by atoms with Gasteiger partial charge in [0.25, 0.3) is 0 Å². The fourth-order valence-electron chi connectivity index (χ4n) is 2.37. The largest absolute Gasteiger partial charge is 0.384 e. The molecular weight excluding hydrogens is 232 g/mol. The van der Waals surface area contributed by atoms with Gasteiger partial charge in [0, 0.05) is 24.5 Å². The van der Waals surface area contributed by atoms with E-state index in [-0.39, 0.29) is 5.41 Å². The Kier molecular flexibility index (Phi) is 2.96. The Morgan fingerprint density at radius 2 is 2.31 bits per heavy atom. The summed E-state index contributed by atoms with van der Waals surface area (Å²) in [6, 6.07) is 0. The van der Waals surface area contributed by atoms with Gasteiger partial charge in [-0.05, 0) is 25.2 Å². The smallest absolute Gasteiger partial charge is 0.0690 e. The van der Waals surface area contributed by atoms with E-state index in [1.54, 1.807) is 7.11 Å². The minimum atomic E-state index is 0.260. The first-order valence-electron chi connectivity index (χ1n) is 4.99.